The van der Waals surface area contributed by atoms with E-state index in [-0.39, 0.29) is 12.0 Å². The molecule has 0 bridgehead atoms. The molecule has 1 aromatic heterocycles. The molecular weight excluding hydrogens is 316 g/mol. The average Bonchev–Trinajstić information content (AvgIpc) is 2.86. The summed E-state index contributed by atoms with van der Waals surface area (Å²) in [6.45, 7) is 6.00. The zero-order valence-electron chi connectivity index (χ0n) is 13.4. The first-order valence-electron chi connectivity index (χ1n) is 7.48. The number of amides is 2. The fourth-order valence-corrected chi connectivity index (χ4v) is 2.59. The van der Waals surface area contributed by atoms with Crippen molar-refractivity contribution >= 4 is 17.6 Å². The van der Waals surface area contributed by atoms with E-state index in [1.165, 1.54) is 0 Å². The zero-order chi connectivity index (χ0) is 17.0. The highest BCUT2D eigenvalue weighted by atomic mass is 35.5. The van der Waals surface area contributed by atoms with Crippen LogP contribution in [0.5, 0.6) is 11.6 Å². The number of carbonyl (C=O) groups is 1. The van der Waals surface area contributed by atoms with Crippen LogP contribution in [-0.4, -0.2) is 16.2 Å². The van der Waals surface area contributed by atoms with Crippen LogP contribution in [0.2, 0.25) is 5.02 Å². The van der Waals surface area contributed by atoms with Gasteiger partial charge >= 0.3 is 6.03 Å². The number of halogens is 1. The Labute approximate surface area is 140 Å². The Bertz CT molecular complexity index is 684. The number of urea groups is 1. The predicted molar refractivity (Wildman–Crippen MR) is 89.8 cm³/mol. The van der Waals surface area contributed by atoms with Crippen LogP contribution in [0, 0.1) is 5.92 Å². The van der Waals surface area contributed by atoms with Gasteiger partial charge in [-0.3, -0.25) is 5.10 Å². The van der Waals surface area contributed by atoms with Gasteiger partial charge in [-0.25, -0.2) is 4.79 Å². The fraction of sp³-hybridized carbons (Fsp3) is 0.375. The van der Waals surface area contributed by atoms with Crippen LogP contribution in [0.25, 0.3) is 0 Å². The van der Waals surface area contributed by atoms with Gasteiger partial charge in [0.2, 0.25) is 5.88 Å². The number of primary amides is 1. The SMILES string of the molecule is CCc1c(Oc2cccc(Cl)c2)n[nH]c1C(NC(N)=O)C(C)C. The Morgan fingerprint density at radius 2 is 2.22 bits per heavy atom. The Morgan fingerprint density at radius 3 is 2.78 bits per heavy atom. The molecule has 4 N–H and O–H groups in total. The van der Waals surface area contributed by atoms with Crippen molar-refractivity contribution in [2.45, 2.75) is 33.2 Å². The second-order valence-electron chi connectivity index (χ2n) is 5.56. The van der Waals surface area contributed by atoms with Crippen molar-refractivity contribution in [3.05, 3.63) is 40.5 Å². The van der Waals surface area contributed by atoms with Crippen molar-refractivity contribution < 1.29 is 9.53 Å². The molecule has 2 amide bonds. The van der Waals surface area contributed by atoms with E-state index >= 15 is 0 Å². The first kappa shape index (κ1) is 17.1. The standard InChI is InChI=1S/C16H21ClN4O2/c1-4-12-14(13(9(2)3)19-16(18)22)20-21-15(12)23-11-7-5-6-10(17)8-11/h5-9,13H,4H2,1-3H3,(H,20,21)(H3,18,19,22). The fourth-order valence-electron chi connectivity index (χ4n) is 2.41. The number of rotatable bonds is 6. The molecule has 7 heteroatoms. The number of carbonyl (C=O) groups excluding carboxylic acids is 1. The molecule has 1 aromatic carbocycles. The minimum atomic E-state index is -0.572. The number of nitrogens with zero attached hydrogens (tertiary/aromatic N) is 1. The maximum atomic E-state index is 11.3. The van der Waals surface area contributed by atoms with Crippen LogP contribution in [-0.2, 0) is 6.42 Å². The molecule has 2 rings (SSSR count). The van der Waals surface area contributed by atoms with Gasteiger partial charge in [-0.15, -0.1) is 5.10 Å². The zero-order valence-corrected chi connectivity index (χ0v) is 14.1. The van der Waals surface area contributed by atoms with Gasteiger partial charge in [0.1, 0.15) is 5.75 Å². The van der Waals surface area contributed by atoms with E-state index in [9.17, 15) is 4.79 Å². The van der Waals surface area contributed by atoms with Crippen molar-refractivity contribution in [3.8, 4) is 11.6 Å². The van der Waals surface area contributed by atoms with Crippen LogP contribution < -0.4 is 15.8 Å². The molecular formula is C16H21ClN4O2. The van der Waals surface area contributed by atoms with Crippen LogP contribution in [0.3, 0.4) is 0 Å². The van der Waals surface area contributed by atoms with Gasteiger partial charge < -0.3 is 15.8 Å². The summed E-state index contributed by atoms with van der Waals surface area (Å²) in [5, 5.41) is 10.5. The molecule has 1 heterocycles. The smallest absolute Gasteiger partial charge is 0.312 e. The van der Waals surface area contributed by atoms with E-state index in [0.29, 0.717) is 23.1 Å². The normalized spacial score (nSPS) is 12.2. The summed E-state index contributed by atoms with van der Waals surface area (Å²) in [4.78, 5) is 11.3. The van der Waals surface area contributed by atoms with Crippen LogP contribution >= 0.6 is 11.6 Å². The summed E-state index contributed by atoms with van der Waals surface area (Å²) in [6, 6.07) is 6.28. The molecule has 2 aromatic rings. The van der Waals surface area contributed by atoms with Gasteiger partial charge in [0.25, 0.3) is 0 Å². The number of nitrogens with two attached hydrogens (primary N) is 1. The molecule has 0 fully saturated rings. The van der Waals surface area contributed by atoms with Gasteiger partial charge in [-0.05, 0) is 30.5 Å². The molecule has 1 unspecified atom stereocenters. The van der Waals surface area contributed by atoms with Gasteiger partial charge in [0.05, 0.1) is 11.7 Å². The third-order valence-electron chi connectivity index (χ3n) is 3.50. The molecule has 6 nitrogen and oxygen atoms in total. The molecule has 0 radical (unpaired) electrons. The van der Waals surface area contributed by atoms with Crippen molar-refractivity contribution in [2.24, 2.45) is 11.7 Å². The minimum Gasteiger partial charge on any atom is -0.437 e. The van der Waals surface area contributed by atoms with E-state index in [1.807, 2.05) is 26.8 Å². The Morgan fingerprint density at radius 1 is 1.48 bits per heavy atom. The summed E-state index contributed by atoms with van der Waals surface area (Å²) >= 11 is 5.97. The predicted octanol–water partition coefficient (Wildman–Crippen LogP) is 3.78. The summed E-state index contributed by atoms with van der Waals surface area (Å²) in [5.41, 5.74) is 6.98. The molecule has 124 valence electrons. The Balaban J connectivity index is 2.33. The maximum Gasteiger partial charge on any atom is 0.312 e. The number of aromatic nitrogens is 2. The van der Waals surface area contributed by atoms with Gasteiger partial charge in [0.15, 0.2) is 0 Å². The van der Waals surface area contributed by atoms with Crippen molar-refractivity contribution in [1.82, 2.24) is 15.5 Å². The highest BCUT2D eigenvalue weighted by Crippen LogP contribution is 2.32. The lowest BCUT2D eigenvalue weighted by Crippen LogP contribution is -2.36. The van der Waals surface area contributed by atoms with Crippen molar-refractivity contribution in [2.75, 3.05) is 0 Å². The lowest BCUT2D eigenvalue weighted by atomic mass is 9.97. The highest BCUT2D eigenvalue weighted by Gasteiger charge is 2.25. The van der Waals surface area contributed by atoms with Crippen LogP contribution in [0.1, 0.15) is 38.1 Å². The first-order chi connectivity index (χ1) is 10.9. The van der Waals surface area contributed by atoms with Crippen LogP contribution in [0.15, 0.2) is 24.3 Å². The molecule has 0 spiro atoms. The summed E-state index contributed by atoms with van der Waals surface area (Å²) < 4.78 is 5.83. The van der Waals surface area contributed by atoms with E-state index in [2.05, 4.69) is 15.5 Å². The van der Waals surface area contributed by atoms with E-state index in [4.69, 9.17) is 22.1 Å². The van der Waals surface area contributed by atoms with Gasteiger partial charge in [-0.1, -0.05) is 38.4 Å². The van der Waals surface area contributed by atoms with E-state index < -0.39 is 6.03 Å². The summed E-state index contributed by atoms with van der Waals surface area (Å²) in [5.74, 6) is 1.23. The number of nitrogens with one attached hydrogen (secondary N) is 2. The lowest BCUT2D eigenvalue weighted by molar-refractivity contribution is 0.241. The molecule has 0 saturated carbocycles. The second-order valence-corrected chi connectivity index (χ2v) is 6.00. The number of benzene rings is 1. The third kappa shape index (κ3) is 4.16. The van der Waals surface area contributed by atoms with Crippen molar-refractivity contribution in [1.29, 1.82) is 0 Å². The number of hydrogen-bond acceptors (Lipinski definition) is 3. The largest absolute Gasteiger partial charge is 0.437 e. The van der Waals surface area contributed by atoms with Crippen LogP contribution in [0.4, 0.5) is 4.79 Å². The lowest BCUT2D eigenvalue weighted by Gasteiger charge is -2.21. The molecule has 0 saturated heterocycles. The first-order valence-corrected chi connectivity index (χ1v) is 7.86. The summed E-state index contributed by atoms with van der Waals surface area (Å²) in [6.07, 6.45) is 0.700. The second kappa shape index (κ2) is 7.37. The molecule has 23 heavy (non-hydrogen) atoms. The molecule has 1 atom stereocenters. The molecule has 0 aliphatic rings. The monoisotopic (exact) mass is 336 g/mol. The molecule has 0 aliphatic heterocycles. The minimum absolute atomic E-state index is 0.146. The number of ether oxygens (including phenoxy) is 1. The van der Waals surface area contributed by atoms with Gasteiger partial charge in [0, 0.05) is 10.6 Å². The average molecular weight is 337 g/mol. The number of H-pyrrole nitrogens is 1. The van der Waals surface area contributed by atoms with E-state index in [1.54, 1.807) is 18.2 Å². The Hall–Kier alpha value is -2.21. The quantitative estimate of drug-likeness (QED) is 0.749. The summed E-state index contributed by atoms with van der Waals surface area (Å²) in [7, 11) is 0. The third-order valence-corrected chi connectivity index (χ3v) is 3.74. The number of hydrogen-bond donors (Lipinski definition) is 3. The van der Waals surface area contributed by atoms with Gasteiger partial charge in [-0.2, -0.15) is 0 Å². The van der Waals surface area contributed by atoms with E-state index in [0.717, 1.165) is 11.3 Å². The Kier molecular flexibility index (Phi) is 5.50. The number of aromatic amines is 1. The van der Waals surface area contributed by atoms with Crippen molar-refractivity contribution in [3.63, 3.8) is 0 Å². The highest BCUT2D eigenvalue weighted by molar-refractivity contribution is 6.30. The molecule has 0 aliphatic carbocycles. The maximum absolute atomic E-state index is 11.3. The topological polar surface area (TPSA) is 93.0 Å².